The first-order valence-corrected chi connectivity index (χ1v) is 9.91. The van der Waals surface area contributed by atoms with Gasteiger partial charge in [0.15, 0.2) is 0 Å². The molecule has 2 rings (SSSR count). The van der Waals surface area contributed by atoms with Gasteiger partial charge in [0.25, 0.3) is 0 Å². The molecule has 0 amide bonds. The van der Waals surface area contributed by atoms with Crippen LogP contribution in [0.1, 0.15) is 12.0 Å². The first-order chi connectivity index (χ1) is 9.87. The molecule has 1 N–H and O–H groups in total. The first kappa shape index (κ1) is 17.4. The van der Waals surface area contributed by atoms with E-state index in [0.717, 1.165) is 17.9 Å². The third-order valence-corrected chi connectivity index (χ3v) is 7.38. The number of hydrogen-bond donors (Lipinski definition) is 1. The molecule has 0 spiro atoms. The molecule has 0 radical (unpaired) electrons. The molecule has 0 aromatic heterocycles. The van der Waals surface area contributed by atoms with Gasteiger partial charge >= 0.3 is 0 Å². The van der Waals surface area contributed by atoms with Crippen molar-refractivity contribution in [3.05, 3.63) is 27.7 Å². The largest absolute Gasteiger partial charge is 0.316 e. The Hall–Kier alpha value is 0.0200. The van der Waals surface area contributed by atoms with Crippen LogP contribution in [0.4, 0.5) is 0 Å². The zero-order chi connectivity index (χ0) is 15.6. The van der Waals surface area contributed by atoms with Crippen LogP contribution in [0, 0.1) is 0 Å². The molecule has 1 aromatic rings. The topological polar surface area (TPSA) is 49.4 Å². The van der Waals surface area contributed by atoms with E-state index in [1.807, 2.05) is 0 Å². The molecule has 1 unspecified atom stereocenters. The summed E-state index contributed by atoms with van der Waals surface area (Å²) < 4.78 is 27.0. The van der Waals surface area contributed by atoms with Crippen LogP contribution in [0.25, 0.3) is 0 Å². The lowest BCUT2D eigenvalue weighted by molar-refractivity contribution is 0.394. The van der Waals surface area contributed by atoms with Crippen molar-refractivity contribution in [3.8, 4) is 0 Å². The molecule has 1 aliphatic rings. The number of halogens is 2. The average molecular weight is 369 g/mol. The smallest absolute Gasteiger partial charge is 0.244 e. The Kier molecular flexibility index (Phi) is 5.84. The minimum atomic E-state index is -3.64. The first-order valence-electron chi connectivity index (χ1n) is 6.56. The van der Waals surface area contributed by atoms with Gasteiger partial charge in [-0.1, -0.05) is 23.2 Å². The molecular formula is C13H18Cl2N2O2S2. The highest BCUT2D eigenvalue weighted by molar-refractivity contribution is 7.99. The second-order valence-electron chi connectivity index (χ2n) is 4.95. The van der Waals surface area contributed by atoms with Crippen LogP contribution in [-0.4, -0.2) is 44.4 Å². The summed E-state index contributed by atoms with van der Waals surface area (Å²) in [7, 11) is -0.257. The van der Waals surface area contributed by atoms with Crippen LogP contribution in [-0.2, 0) is 16.6 Å². The quantitative estimate of drug-likeness (QED) is 0.867. The molecule has 1 atom stereocenters. The summed E-state index contributed by atoms with van der Waals surface area (Å²) in [5, 5.41) is 3.57. The van der Waals surface area contributed by atoms with Crippen molar-refractivity contribution in [1.29, 1.82) is 0 Å². The van der Waals surface area contributed by atoms with Crippen LogP contribution in [0.15, 0.2) is 17.0 Å². The maximum atomic E-state index is 12.8. The molecule has 1 aliphatic heterocycles. The molecule has 8 heteroatoms. The number of sulfonamides is 1. The SMILES string of the molecule is CNCc1cc(Cl)cc(S(=O)(=O)N(C)C2CCSC2)c1Cl. The lowest BCUT2D eigenvalue weighted by Gasteiger charge is -2.24. The minimum Gasteiger partial charge on any atom is -0.316 e. The van der Waals surface area contributed by atoms with Crippen molar-refractivity contribution in [1.82, 2.24) is 9.62 Å². The molecule has 1 saturated heterocycles. The van der Waals surface area contributed by atoms with E-state index in [1.54, 1.807) is 31.9 Å². The monoisotopic (exact) mass is 368 g/mol. The second kappa shape index (κ2) is 7.06. The van der Waals surface area contributed by atoms with Gasteiger partial charge in [-0.3, -0.25) is 0 Å². The predicted molar refractivity (Wildman–Crippen MR) is 89.9 cm³/mol. The lowest BCUT2D eigenvalue weighted by atomic mass is 10.2. The van der Waals surface area contributed by atoms with Gasteiger partial charge in [-0.2, -0.15) is 16.1 Å². The molecule has 0 aliphatic carbocycles. The Morgan fingerprint density at radius 3 is 2.71 bits per heavy atom. The summed E-state index contributed by atoms with van der Waals surface area (Å²) in [4.78, 5) is 0.0846. The van der Waals surface area contributed by atoms with Gasteiger partial charge in [0, 0.05) is 30.4 Å². The maximum Gasteiger partial charge on any atom is 0.244 e. The maximum absolute atomic E-state index is 12.8. The predicted octanol–water partition coefficient (Wildman–Crippen LogP) is 2.84. The van der Waals surface area contributed by atoms with Crippen LogP contribution >= 0.6 is 35.0 Å². The molecule has 0 saturated carbocycles. The molecule has 118 valence electrons. The molecule has 1 aromatic carbocycles. The third kappa shape index (κ3) is 3.68. The number of nitrogens with one attached hydrogen (secondary N) is 1. The molecule has 4 nitrogen and oxygen atoms in total. The number of thioether (sulfide) groups is 1. The zero-order valence-corrected chi connectivity index (χ0v) is 15.0. The van der Waals surface area contributed by atoms with Gasteiger partial charge < -0.3 is 5.32 Å². The summed E-state index contributed by atoms with van der Waals surface area (Å²) in [5.74, 6) is 1.80. The average Bonchev–Trinajstić information content (AvgIpc) is 2.95. The number of nitrogens with zero attached hydrogens (tertiary/aromatic N) is 1. The van der Waals surface area contributed by atoms with Gasteiger partial charge in [0.2, 0.25) is 10.0 Å². The van der Waals surface area contributed by atoms with Crippen molar-refractivity contribution in [2.45, 2.75) is 23.9 Å². The van der Waals surface area contributed by atoms with Gasteiger partial charge in [0.1, 0.15) is 4.90 Å². The van der Waals surface area contributed by atoms with Crippen molar-refractivity contribution >= 4 is 45.0 Å². The zero-order valence-electron chi connectivity index (χ0n) is 11.9. The standard InChI is InChI=1S/C13H18Cl2N2O2S2/c1-16-7-9-5-10(14)6-12(13(9)15)21(18,19)17(2)11-3-4-20-8-11/h5-6,11,16H,3-4,7-8H2,1-2H3. The van der Waals surface area contributed by atoms with Crippen LogP contribution in [0.3, 0.4) is 0 Å². The number of benzene rings is 1. The van der Waals surface area contributed by atoms with Crippen LogP contribution in [0.5, 0.6) is 0 Å². The minimum absolute atomic E-state index is 0.0165. The van der Waals surface area contributed by atoms with E-state index in [0.29, 0.717) is 17.1 Å². The second-order valence-corrected chi connectivity index (χ2v) is 8.88. The summed E-state index contributed by atoms with van der Waals surface area (Å²) in [6.07, 6.45) is 0.863. The summed E-state index contributed by atoms with van der Waals surface area (Å²) in [6.45, 7) is 0.463. The van der Waals surface area contributed by atoms with E-state index in [2.05, 4.69) is 5.32 Å². The Morgan fingerprint density at radius 1 is 1.43 bits per heavy atom. The lowest BCUT2D eigenvalue weighted by Crippen LogP contribution is -2.37. The van der Waals surface area contributed by atoms with E-state index < -0.39 is 10.0 Å². The van der Waals surface area contributed by atoms with E-state index >= 15 is 0 Å². The van der Waals surface area contributed by atoms with E-state index in [4.69, 9.17) is 23.2 Å². The third-order valence-electron chi connectivity index (χ3n) is 3.52. The highest BCUT2D eigenvalue weighted by Crippen LogP contribution is 2.33. The van der Waals surface area contributed by atoms with Gasteiger partial charge in [-0.05, 0) is 36.9 Å². The van der Waals surface area contributed by atoms with Crippen LogP contribution in [0.2, 0.25) is 10.0 Å². The van der Waals surface area contributed by atoms with Crippen molar-refractivity contribution in [2.75, 3.05) is 25.6 Å². The van der Waals surface area contributed by atoms with Crippen LogP contribution < -0.4 is 5.32 Å². The Bertz CT molecular complexity index is 617. The van der Waals surface area contributed by atoms with E-state index in [-0.39, 0.29) is 16.0 Å². The fourth-order valence-electron chi connectivity index (χ4n) is 2.29. The molecule has 1 heterocycles. The summed E-state index contributed by atoms with van der Waals surface area (Å²) in [6, 6.07) is 3.13. The number of hydrogen-bond acceptors (Lipinski definition) is 4. The van der Waals surface area contributed by atoms with E-state index in [1.165, 1.54) is 10.4 Å². The van der Waals surface area contributed by atoms with Crippen molar-refractivity contribution in [2.24, 2.45) is 0 Å². The van der Waals surface area contributed by atoms with Gasteiger partial charge in [-0.15, -0.1) is 0 Å². The molecular weight excluding hydrogens is 351 g/mol. The molecule has 1 fully saturated rings. The van der Waals surface area contributed by atoms with E-state index in [9.17, 15) is 8.42 Å². The fourth-order valence-corrected chi connectivity index (χ4v) is 5.94. The highest BCUT2D eigenvalue weighted by Gasteiger charge is 2.32. The summed E-state index contributed by atoms with van der Waals surface area (Å²) in [5.41, 5.74) is 0.680. The van der Waals surface area contributed by atoms with Crippen molar-refractivity contribution < 1.29 is 8.42 Å². The Labute approximate surface area is 140 Å². The normalized spacial score (nSPS) is 19.4. The molecule has 21 heavy (non-hydrogen) atoms. The van der Waals surface area contributed by atoms with Crippen molar-refractivity contribution in [3.63, 3.8) is 0 Å². The fraction of sp³-hybridized carbons (Fsp3) is 0.538. The van der Waals surface area contributed by atoms with Gasteiger partial charge in [0.05, 0.1) is 5.02 Å². The Balaban J connectivity index is 2.43. The summed E-state index contributed by atoms with van der Waals surface area (Å²) >= 11 is 14.1. The Morgan fingerprint density at radius 2 is 2.14 bits per heavy atom. The number of rotatable bonds is 5. The van der Waals surface area contributed by atoms with Gasteiger partial charge in [-0.25, -0.2) is 8.42 Å². The molecule has 0 bridgehead atoms. The highest BCUT2D eigenvalue weighted by atomic mass is 35.5.